The molecule has 4 amide bonds. The average Bonchev–Trinajstić information content (AvgIpc) is 2.89. The fourth-order valence-corrected chi connectivity index (χ4v) is 6.90. The third kappa shape index (κ3) is 2.17. The van der Waals surface area contributed by atoms with Gasteiger partial charge in [-0.15, -0.1) is 0 Å². The molecule has 0 radical (unpaired) electrons. The van der Waals surface area contributed by atoms with E-state index in [2.05, 4.69) is 10.6 Å². The SMILES string of the molecule is O=C1NC(=O)C(=C2C(=O)C3C4CCCCC4CC4CCCC2C43)C(=O)N1. The predicted octanol–water partition coefficient (Wildman–Crippen LogP) is 2.09. The molecule has 2 N–H and O–H groups in total. The zero-order valence-electron chi connectivity index (χ0n) is 14.8. The summed E-state index contributed by atoms with van der Waals surface area (Å²) in [7, 11) is 0. The second kappa shape index (κ2) is 5.76. The van der Waals surface area contributed by atoms with Gasteiger partial charge >= 0.3 is 6.03 Å². The summed E-state index contributed by atoms with van der Waals surface area (Å²) in [6, 6.07) is -0.805. The van der Waals surface area contributed by atoms with Crippen molar-refractivity contribution in [2.24, 2.45) is 35.5 Å². The number of Topliss-reactive ketones (excluding diaryl/α,β-unsaturated/α-hetero) is 1. The summed E-state index contributed by atoms with van der Waals surface area (Å²) in [6.45, 7) is 0. The largest absolute Gasteiger partial charge is 0.328 e. The van der Waals surface area contributed by atoms with Crippen LogP contribution in [0.5, 0.6) is 0 Å². The molecule has 5 fully saturated rings. The van der Waals surface area contributed by atoms with Crippen molar-refractivity contribution in [1.82, 2.24) is 10.6 Å². The molecule has 1 saturated heterocycles. The minimum absolute atomic E-state index is 0.00817. The van der Waals surface area contributed by atoms with Crippen molar-refractivity contribution in [2.75, 3.05) is 0 Å². The number of hydrogen-bond acceptors (Lipinski definition) is 4. The fourth-order valence-electron chi connectivity index (χ4n) is 6.90. The lowest BCUT2D eigenvalue weighted by molar-refractivity contribution is -0.127. The van der Waals surface area contributed by atoms with E-state index in [1.54, 1.807) is 0 Å². The molecule has 5 rings (SSSR count). The Kier molecular flexibility index (Phi) is 3.59. The second-order valence-corrected chi connectivity index (χ2v) is 8.74. The number of ketones is 1. The number of allylic oxidation sites excluding steroid dienone is 1. The van der Waals surface area contributed by atoms with Gasteiger partial charge < -0.3 is 0 Å². The summed E-state index contributed by atoms with van der Waals surface area (Å²) in [5.74, 6) is 0.459. The van der Waals surface area contributed by atoms with Crippen LogP contribution in [0, 0.1) is 35.5 Å². The van der Waals surface area contributed by atoms with Crippen LogP contribution in [-0.2, 0) is 14.4 Å². The van der Waals surface area contributed by atoms with Crippen molar-refractivity contribution in [3.63, 3.8) is 0 Å². The van der Waals surface area contributed by atoms with Crippen molar-refractivity contribution in [3.8, 4) is 0 Å². The van der Waals surface area contributed by atoms with Gasteiger partial charge in [-0.25, -0.2) is 4.79 Å². The van der Waals surface area contributed by atoms with E-state index in [9.17, 15) is 19.2 Å². The van der Waals surface area contributed by atoms with Gasteiger partial charge in [0.2, 0.25) is 0 Å². The van der Waals surface area contributed by atoms with E-state index in [1.165, 1.54) is 25.7 Å². The van der Waals surface area contributed by atoms with E-state index in [0.29, 0.717) is 23.3 Å². The number of amides is 4. The number of rotatable bonds is 0. The van der Waals surface area contributed by atoms with Crippen molar-refractivity contribution < 1.29 is 19.2 Å². The van der Waals surface area contributed by atoms with E-state index in [-0.39, 0.29) is 29.1 Å². The van der Waals surface area contributed by atoms with E-state index in [4.69, 9.17) is 0 Å². The maximum atomic E-state index is 13.5. The summed E-state index contributed by atoms with van der Waals surface area (Å²) < 4.78 is 0. The molecular formula is C20H24N2O4. The van der Waals surface area contributed by atoms with E-state index >= 15 is 0 Å². The average molecular weight is 356 g/mol. The molecule has 0 bridgehead atoms. The second-order valence-electron chi connectivity index (χ2n) is 8.74. The Morgan fingerprint density at radius 1 is 0.769 bits per heavy atom. The third-order valence-electron chi connectivity index (χ3n) is 7.66. The van der Waals surface area contributed by atoms with Crippen LogP contribution in [-0.4, -0.2) is 23.6 Å². The summed E-state index contributed by atoms with van der Waals surface area (Å²) in [5.41, 5.74) is 0.334. The zero-order chi connectivity index (χ0) is 18.0. The van der Waals surface area contributed by atoms with Crippen molar-refractivity contribution in [3.05, 3.63) is 11.1 Å². The molecule has 6 unspecified atom stereocenters. The highest BCUT2D eigenvalue weighted by Gasteiger charge is 2.59. The minimum atomic E-state index is -0.805. The molecule has 6 heteroatoms. The summed E-state index contributed by atoms with van der Waals surface area (Å²) >= 11 is 0. The smallest absolute Gasteiger partial charge is 0.294 e. The van der Waals surface area contributed by atoms with Gasteiger partial charge in [-0.1, -0.05) is 32.1 Å². The van der Waals surface area contributed by atoms with Crippen LogP contribution in [0.25, 0.3) is 0 Å². The van der Waals surface area contributed by atoms with E-state index < -0.39 is 17.8 Å². The van der Waals surface area contributed by atoms with Gasteiger partial charge in [0, 0.05) is 11.5 Å². The first-order chi connectivity index (χ1) is 12.6. The minimum Gasteiger partial charge on any atom is -0.294 e. The van der Waals surface area contributed by atoms with Crippen LogP contribution in [0.2, 0.25) is 0 Å². The van der Waals surface area contributed by atoms with Gasteiger partial charge in [0.05, 0.1) is 0 Å². The maximum absolute atomic E-state index is 13.5. The van der Waals surface area contributed by atoms with Crippen LogP contribution >= 0.6 is 0 Å². The molecule has 0 aromatic carbocycles. The third-order valence-corrected chi connectivity index (χ3v) is 7.66. The first-order valence-corrected chi connectivity index (χ1v) is 10.0. The number of barbiturate groups is 1. The standard InChI is InChI=1S/C20H24N2O4/c23-17-14-11-6-2-1-4-9(11)8-10-5-3-7-12(13(10)14)15(17)16-18(24)21-20(26)22-19(16)25/h9-14H,1-8H2,(H2,21,22,24,25,26). The van der Waals surface area contributed by atoms with Crippen LogP contribution in [0.1, 0.15) is 51.4 Å². The Balaban J connectivity index is 1.62. The van der Waals surface area contributed by atoms with Gasteiger partial charge in [-0.2, -0.15) is 0 Å². The molecule has 0 aromatic heterocycles. The normalized spacial score (nSPS) is 42.2. The van der Waals surface area contributed by atoms with Gasteiger partial charge in [-0.05, 0) is 48.9 Å². The molecule has 5 aliphatic rings. The number of carbonyl (C=O) groups excluding carboxylic acids is 4. The number of urea groups is 1. The molecule has 0 aromatic rings. The zero-order valence-corrected chi connectivity index (χ0v) is 14.8. The molecule has 1 aliphatic heterocycles. The first-order valence-electron chi connectivity index (χ1n) is 10.0. The molecule has 6 atom stereocenters. The fraction of sp³-hybridized carbons (Fsp3) is 0.700. The van der Waals surface area contributed by atoms with Gasteiger partial charge in [-0.3, -0.25) is 25.0 Å². The lowest BCUT2D eigenvalue weighted by atomic mass is 9.55. The highest BCUT2D eigenvalue weighted by molar-refractivity contribution is 6.32. The Bertz CT molecular complexity index is 733. The predicted molar refractivity (Wildman–Crippen MR) is 91.6 cm³/mol. The van der Waals surface area contributed by atoms with Crippen LogP contribution in [0.15, 0.2) is 11.1 Å². The molecule has 4 saturated carbocycles. The lowest BCUT2D eigenvalue weighted by Gasteiger charge is -2.49. The Morgan fingerprint density at radius 2 is 1.46 bits per heavy atom. The van der Waals surface area contributed by atoms with E-state index in [1.807, 2.05) is 0 Å². The van der Waals surface area contributed by atoms with E-state index in [0.717, 1.165) is 25.7 Å². The van der Waals surface area contributed by atoms with Crippen molar-refractivity contribution >= 4 is 23.6 Å². The number of nitrogens with one attached hydrogen (secondary N) is 2. The number of fused-ring (bicyclic) bond motifs is 2. The summed E-state index contributed by atoms with van der Waals surface area (Å²) in [4.78, 5) is 49.7. The molecular weight excluding hydrogens is 332 g/mol. The molecule has 4 aliphatic carbocycles. The Labute approximate surface area is 152 Å². The molecule has 138 valence electrons. The maximum Gasteiger partial charge on any atom is 0.328 e. The van der Waals surface area contributed by atoms with Crippen LogP contribution in [0.3, 0.4) is 0 Å². The van der Waals surface area contributed by atoms with Gasteiger partial charge in [0.25, 0.3) is 11.8 Å². The number of hydrogen-bond donors (Lipinski definition) is 2. The first kappa shape index (κ1) is 16.2. The summed E-state index contributed by atoms with van der Waals surface area (Å²) in [5, 5.41) is 4.30. The van der Waals surface area contributed by atoms with Crippen LogP contribution < -0.4 is 10.6 Å². The molecule has 0 spiro atoms. The Hall–Kier alpha value is -1.98. The number of carbonyl (C=O) groups is 4. The monoisotopic (exact) mass is 356 g/mol. The van der Waals surface area contributed by atoms with Gasteiger partial charge in [0.15, 0.2) is 5.78 Å². The highest BCUT2D eigenvalue weighted by atomic mass is 16.2. The lowest BCUT2D eigenvalue weighted by Crippen LogP contribution is -2.52. The Morgan fingerprint density at radius 3 is 2.23 bits per heavy atom. The summed E-state index contributed by atoms with van der Waals surface area (Å²) in [6.07, 6.45) is 9.01. The topological polar surface area (TPSA) is 92.3 Å². The molecule has 26 heavy (non-hydrogen) atoms. The van der Waals surface area contributed by atoms with Gasteiger partial charge in [0.1, 0.15) is 5.57 Å². The highest BCUT2D eigenvalue weighted by Crippen LogP contribution is 2.61. The molecule has 6 nitrogen and oxygen atoms in total. The quantitative estimate of drug-likeness (QED) is 0.513. The van der Waals surface area contributed by atoms with Crippen molar-refractivity contribution in [2.45, 2.75) is 51.4 Å². The number of imide groups is 2. The van der Waals surface area contributed by atoms with Crippen LogP contribution in [0.4, 0.5) is 4.79 Å². The van der Waals surface area contributed by atoms with Crippen molar-refractivity contribution in [1.29, 1.82) is 0 Å². The molecule has 1 heterocycles.